The van der Waals surface area contributed by atoms with Crippen molar-refractivity contribution in [1.82, 2.24) is 14.5 Å². The highest BCUT2D eigenvalue weighted by atomic mass is 19.4. The van der Waals surface area contributed by atoms with Crippen LogP contribution >= 0.6 is 0 Å². The van der Waals surface area contributed by atoms with Crippen molar-refractivity contribution in [3.8, 4) is 0 Å². The smallest absolute Gasteiger partial charge is 0.298 e. The zero-order chi connectivity index (χ0) is 21.6. The van der Waals surface area contributed by atoms with Crippen molar-refractivity contribution in [3.63, 3.8) is 0 Å². The second-order valence-electron chi connectivity index (χ2n) is 8.53. The molecule has 0 saturated heterocycles. The first-order valence-electron chi connectivity index (χ1n) is 10.4. The quantitative estimate of drug-likeness (QED) is 0.698. The van der Waals surface area contributed by atoms with Crippen molar-refractivity contribution in [2.75, 3.05) is 11.6 Å². The van der Waals surface area contributed by atoms with E-state index in [1.54, 1.807) is 29.4 Å². The van der Waals surface area contributed by atoms with E-state index in [1.165, 1.54) is 12.5 Å². The van der Waals surface area contributed by atoms with Gasteiger partial charge in [-0.25, -0.2) is 4.98 Å². The fraction of sp³-hybridized carbons (Fsp3) is 0.545. The maximum absolute atomic E-state index is 13.3. The van der Waals surface area contributed by atoms with Gasteiger partial charge < -0.3 is 0 Å². The molecule has 1 saturated carbocycles. The van der Waals surface area contributed by atoms with Gasteiger partial charge in [-0.05, 0) is 50.8 Å². The number of aryl methyl sites for hydroxylation is 1. The molecule has 0 bridgehead atoms. The van der Waals surface area contributed by atoms with Gasteiger partial charge in [-0.3, -0.25) is 19.2 Å². The van der Waals surface area contributed by atoms with Gasteiger partial charge in [-0.1, -0.05) is 25.8 Å². The average Bonchev–Trinajstić information content (AvgIpc) is 2.71. The van der Waals surface area contributed by atoms with Crippen LogP contribution in [0.4, 0.5) is 24.8 Å². The molecule has 0 spiro atoms. The third kappa shape index (κ3) is 3.73. The number of nitrogens with zero attached hydrogens (tertiary/aromatic N) is 4. The van der Waals surface area contributed by atoms with Gasteiger partial charge in [0.25, 0.3) is 5.56 Å². The van der Waals surface area contributed by atoms with Gasteiger partial charge in [0.05, 0.1) is 18.9 Å². The summed E-state index contributed by atoms with van der Waals surface area (Å²) in [5.74, 6) is 0.876. The first-order chi connectivity index (χ1) is 14.2. The molecule has 1 fully saturated rings. The molecule has 2 atom stereocenters. The Morgan fingerprint density at radius 2 is 1.83 bits per heavy atom. The molecule has 2 heterocycles. The lowest BCUT2D eigenvalue weighted by Crippen LogP contribution is -2.53. The second kappa shape index (κ2) is 7.72. The Bertz CT molecular complexity index is 1000. The van der Waals surface area contributed by atoms with Gasteiger partial charge in [0, 0.05) is 23.0 Å². The van der Waals surface area contributed by atoms with Crippen molar-refractivity contribution < 1.29 is 13.2 Å². The minimum atomic E-state index is -4.43. The normalized spacial score (nSPS) is 22.8. The second-order valence-corrected chi connectivity index (χ2v) is 8.53. The number of halogens is 3. The van der Waals surface area contributed by atoms with Gasteiger partial charge in [-0.2, -0.15) is 13.2 Å². The summed E-state index contributed by atoms with van der Waals surface area (Å²) in [7, 11) is 0. The minimum absolute atomic E-state index is 0.136. The summed E-state index contributed by atoms with van der Waals surface area (Å²) < 4.78 is 41.6. The molecule has 0 amide bonds. The number of anilines is 2. The van der Waals surface area contributed by atoms with E-state index in [0.717, 1.165) is 31.4 Å². The molecule has 8 heteroatoms. The van der Waals surface area contributed by atoms with E-state index in [0.29, 0.717) is 42.1 Å². The van der Waals surface area contributed by atoms with E-state index in [9.17, 15) is 18.0 Å². The predicted molar refractivity (Wildman–Crippen MR) is 110 cm³/mol. The molecule has 5 nitrogen and oxygen atoms in total. The maximum atomic E-state index is 13.3. The lowest BCUT2D eigenvalue weighted by molar-refractivity contribution is -0.137. The van der Waals surface area contributed by atoms with E-state index in [1.807, 2.05) is 0 Å². The van der Waals surface area contributed by atoms with E-state index in [2.05, 4.69) is 16.8 Å². The molecule has 2 aliphatic rings. The van der Waals surface area contributed by atoms with Crippen LogP contribution < -0.4 is 10.5 Å². The molecule has 1 aliphatic carbocycles. The Balaban J connectivity index is 1.82. The SMILES string of the molecule is Cc1nc2n(c(=O)c1C)CN(C1CCCCC1C)CN2c1cccc(C(F)(F)F)c1. The highest BCUT2D eigenvalue weighted by Crippen LogP contribution is 2.36. The fourth-order valence-electron chi connectivity index (χ4n) is 4.64. The number of rotatable bonds is 2. The van der Waals surface area contributed by atoms with Crippen molar-refractivity contribution >= 4 is 11.6 Å². The molecule has 1 aliphatic heterocycles. The lowest BCUT2D eigenvalue weighted by atomic mass is 9.85. The third-order valence-electron chi connectivity index (χ3n) is 6.53. The van der Waals surface area contributed by atoms with Crippen LogP contribution in [0, 0.1) is 19.8 Å². The van der Waals surface area contributed by atoms with Crippen molar-refractivity contribution in [3.05, 3.63) is 51.4 Å². The highest BCUT2D eigenvalue weighted by molar-refractivity contribution is 5.59. The average molecular weight is 420 g/mol. The Hall–Kier alpha value is -2.35. The van der Waals surface area contributed by atoms with Crippen LogP contribution in [-0.4, -0.2) is 27.2 Å². The van der Waals surface area contributed by atoms with E-state index < -0.39 is 11.7 Å². The number of aromatic nitrogens is 2. The van der Waals surface area contributed by atoms with Gasteiger partial charge in [-0.15, -0.1) is 0 Å². The van der Waals surface area contributed by atoms with Gasteiger partial charge in [0.2, 0.25) is 5.95 Å². The molecular weight excluding hydrogens is 393 g/mol. The zero-order valence-electron chi connectivity index (χ0n) is 17.5. The van der Waals surface area contributed by atoms with Gasteiger partial charge >= 0.3 is 6.18 Å². The Kier molecular flexibility index (Phi) is 5.38. The minimum Gasteiger partial charge on any atom is -0.298 e. The summed E-state index contributed by atoms with van der Waals surface area (Å²) in [6.07, 6.45) is 0.0402. The Morgan fingerprint density at radius 1 is 1.10 bits per heavy atom. The largest absolute Gasteiger partial charge is 0.416 e. The molecule has 2 aromatic rings. The van der Waals surface area contributed by atoms with E-state index in [4.69, 9.17) is 0 Å². The number of fused-ring (bicyclic) bond motifs is 1. The van der Waals surface area contributed by atoms with Crippen LogP contribution in [0.25, 0.3) is 0 Å². The molecule has 4 rings (SSSR count). The van der Waals surface area contributed by atoms with Crippen LogP contribution in [0.3, 0.4) is 0 Å². The lowest BCUT2D eigenvalue weighted by Gasteiger charge is -2.45. The summed E-state index contributed by atoms with van der Waals surface area (Å²) in [6.45, 7) is 6.54. The summed E-state index contributed by atoms with van der Waals surface area (Å²) in [4.78, 5) is 21.6. The molecule has 1 aromatic heterocycles. The van der Waals surface area contributed by atoms with E-state index in [-0.39, 0.29) is 11.6 Å². The molecule has 2 unspecified atom stereocenters. The number of alkyl halides is 3. The zero-order valence-corrected chi connectivity index (χ0v) is 17.5. The maximum Gasteiger partial charge on any atom is 0.416 e. The first-order valence-corrected chi connectivity index (χ1v) is 10.4. The number of benzene rings is 1. The standard InChI is InChI=1S/C22H27F3N4O/c1-14-7-4-5-10-19(14)27-12-28(18-9-6-8-17(11-18)22(23,24)25)21-26-16(3)15(2)20(30)29(21)13-27/h6,8-9,11,14,19H,4-5,7,10,12-13H2,1-3H3. The summed E-state index contributed by atoms with van der Waals surface area (Å²) in [5, 5.41) is 0. The van der Waals surface area contributed by atoms with Crippen LogP contribution in [0.2, 0.25) is 0 Å². The summed E-state index contributed by atoms with van der Waals surface area (Å²) in [5.41, 5.74) is 0.717. The van der Waals surface area contributed by atoms with Gasteiger partial charge in [0.15, 0.2) is 0 Å². The first kappa shape index (κ1) is 20.9. The van der Waals surface area contributed by atoms with Crippen molar-refractivity contribution in [2.45, 2.75) is 65.3 Å². The fourth-order valence-corrected chi connectivity index (χ4v) is 4.64. The predicted octanol–water partition coefficient (Wildman–Crippen LogP) is 4.83. The van der Waals surface area contributed by atoms with Crippen LogP contribution in [-0.2, 0) is 12.8 Å². The van der Waals surface area contributed by atoms with Crippen molar-refractivity contribution in [2.24, 2.45) is 5.92 Å². The molecule has 0 radical (unpaired) electrons. The topological polar surface area (TPSA) is 41.4 Å². The monoisotopic (exact) mass is 420 g/mol. The molecule has 162 valence electrons. The number of hydrogen-bond donors (Lipinski definition) is 0. The van der Waals surface area contributed by atoms with Crippen LogP contribution in [0.15, 0.2) is 29.1 Å². The summed E-state index contributed by atoms with van der Waals surface area (Å²) >= 11 is 0. The molecular formula is C22H27F3N4O. The molecule has 30 heavy (non-hydrogen) atoms. The third-order valence-corrected chi connectivity index (χ3v) is 6.53. The Morgan fingerprint density at radius 3 is 2.53 bits per heavy atom. The van der Waals surface area contributed by atoms with E-state index >= 15 is 0 Å². The van der Waals surface area contributed by atoms with Crippen LogP contribution in [0.1, 0.15) is 49.4 Å². The molecule has 1 aromatic carbocycles. The van der Waals surface area contributed by atoms with Crippen molar-refractivity contribution in [1.29, 1.82) is 0 Å². The summed E-state index contributed by atoms with van der Waals surface area (Å²) in [6, 6.07) is 5.54. The highest BCUT2D eigenvalue weighted by Gasteiger charge is 2.36. The van der Waals surface area contributed by atoms with Crippen LogP contribution in [0.5, 0.6) is 0 Å². The Labute approximate surface area is 174 Å². The number of hydrogen-bond acceptors (Lipinski definition) is 4. The molecule has 0 N–H and O–H groups in total. The van der Waals surface area contributed by atoms with Gasteiger partial charge in [0.1, 0.15) is 0 Å².